The van der Waals surface area contributed by atoms with Gasteiger partial charge in [0.05, 0.1) is 19.1 Å². The number of carbonyl (C=O) groups excluding carboxylic acids is 7. The monoisotopic (exact) mass is 948 g/mol. The number of amides is 7. The summed E-state index contributed by atoms with van der Waals surface area (Å²) in [5.41, 5.74) is 13.3. The quantitative estimate of drug-likeness (QED) is 0.0308. The van der Waals surface area contributed by atoms with Gasteiger partial charge in [0.2, 0.25) is 41.4 Å². The largest absolute Gasteiger partial charge is 0.481 e. The van der Waals surface area contributed by atoms with Crippen molar-refractivity contribution in [3.05, 3.63) is 72.1 Å². The summed E-state index contributed by atoms with van der Waals surface area (Å²) in [7, 11) is 0. The molecule has 0 aliphatic carbocycles. The van der Waals surface area contributed by atoms with Crippen molar-refractivity contribution in [2.24, 2.45) is 17.4 Å². The number of nitrogens with two attached hydrogens (primary N) is 2. The number of hydrogen-bond donors (Lipinski definition) is 14. The number of carboxylic acid groups (broad SMARTS) is 3. The summed E-state index contributed by atoms with van der Waals surface area (Å²) in [6, 6.07) is 2.56. The third kappa shape index (κ3) is 15.1. The Morgan fingerprint density at radius 3 is 1.47 bits per heavy atom. The highest BCUT2D eigenvalue weighted by Crippen LogP contribution is 2.21. The SMILES string of the molecule is CC(C)[C@H](NC(=O)[C@H](Cc1c[nH]c2ccccc12)NC(=O)[C@H](CO)NC(=O)[C@H](CC(=O)O)NC(=O)[C@H](Cc1c[nH]c2ccccc12)NC(=O)[C@H](CCC(=O)O)NC(=O)[C@@H](N)CCC(N)=O)C(=O)O. The molecule has 16 N–H and O–H groups in total. The van der Waals surface area contributed by atoms with Crippen molar-refractivity contribution in [1.29, 1.82) is 0 Å². The molecule has 7 atom stereocenters. The molecule has 0 bridgehead atoms. The number of carbonyl (C=O) groups is 10. The van der Waals surface area contributed by atoms with Gasteiger partial charge in [-0.05, 0) is 42.0 Å². The van der Waals surface area contributed by atoms with Crippen LogP contribution in [-0.4, -0.2) is 139 Å². The van der Waals surface area contributed by atoms with Crippen LogP contribution >= 0.6 is 0 Å². The molecule has 2 aromatic heterocycles. The second-order valence-electron chi connectivity index (χ2n) is 16.3. The van der Waals surface area contributed by atoms with E-state index >= 15 is 0 Å². The molecule has 2 aromatic carbocycles. The number of rotatable bonds is 27. The number of aromatic nitrogens is 2. The number of hydrogen-bond acceptors (Lipinski definition) is 12. The zero-order chi connectivity index (χ0) is 50.2. The number of primary amides is 1. The van der Waals surface area contributed by atoms with Crippen LogP contribution in [0.25, 0.3) is 21.8 Å². The minimum Gasteiger partial charge on any atom is -0.481 e. The van der Waals surface area contributed by atoms with Crippen LogP contribution in [0.5, 0.6) is 0 Å². The predicted molar refractivity (Wildman–Crippen MR) is 241 cm³/mol. The molecule has 366 valence electrons. The molecule has 4 rings (SSSR count). The first-order chi connectivity index (χ1) is 32.2. The van der Waals surface area contributed by atoms with Crippen LogP contribution in [0, 0.1) is 5.92 Å². The summed E-state index contributed by atoms with van der Waals surface area (Å²) in [6.07, 6.45) is -0.104. The van der Waals surface area contributed by atoms with Gasteiger partial charge in [0.1, 0.15) is 36.3 Å². The van der Waals surface area contributed by atoms with Crippen molar-refractivity contribution < 1.29 is 68.4 Å². The van der Waals surface area contributed by atoms with Gasteiger partial charge in [-0.2, -0.15) is 0 Å². The molecule has 0 unspecified atom stereocenters. The molecule has 0 radical (unpaired) electrons. The summed E-state index contributed by atoms with van der Waals surface area (Å²) < 4.78 is 0. The van der Waals surface area contributed by atoms with E-state index in [1.165, 1.54) is 6.20 Å². The third-order valence-corrected chi connectivity index (χ3v) is 10.8. The summed E-state index contributed by atoms with van der Waals surface area (Å²) in [5.74, 6) is -12.2. The van der Waals surface area contributed by atoms with E-state index in [0.29, 0.717) is 32.9 Å². The molecule has 0 spiro atoms. The molecule has 2 heterocycles. The van der Waals surface area contributed by atoms with Crippen LogP contribution < -0.4 is 43.4 Å². The smallest absolute Gasteiger partial charge is 0.326 e. The zero-order valence-corrected chi connectivity index (χ0v) is 37.1. The van der Waals surface area contributed by atoms with Gasteiger partial charge in [-0.3, -0.25) is 43.2 Å². The Labute approximate surface area is 387 Å². The molecule has 24 heteroatoms. The van der Waals surface area contributed by atoms with Gasteiger partial charge in [-0.1, -0.05) is 50.2 Å². The molecule has 0 saturated carbocycles. The Morgan fingerprint density at radius 2 is 1.00 bits per heavy atom. The molecule has 0 fully saturated rings. The number of benzene rings is 2. The van der Waals surface area contributed by atoms with Crippen LogP contribution in [0.3, 0.4) is 0 Å². The topological polar surface area (TPSA) is 407 Å². The standard InChI is InChI=1S/C44H56N10O14/c1-21(2)37(44(67)68)54-42(65)31(16-23-19-48-28-10-6-4-8-25(23)28)51-43(66)33(20-55)53-41(64)32(17-36(59)60)52-40(63)30(15-22-18-47-27-9-5-3-7-24(22)27)50-39(62)29(12-14-35(57)58)49-38(61)26(45)11-13-34(46)56/h3-10,18-19,21,26,29-33,37,47-48,55H,11-17,20,45H2,1-2H3,(H2,46,56)(H,49,61)(H,50,62)(H,51,66)(H,52,63)(H,53,64)(H,54,65)(H,57,58)(H,59,60)(H,67,68)/t26-,29-,30-,31-,32-,33-,37-/m0/s1. The van der Waals surface area contributed by atoms with Crippen molar-refractivity contribution in [2.45, 2.75) is 101 Å². The molecule has 68 heavy (non-hydrogen) atoms. The van der Waals surface area contributed by atoms with E-state index in [1.54, 1.807) is 68.6 Å². The zero-order valence-electron chi connectivity index (χ0n) is 37.1. The van der Waals surface area contributed by atoms with Crippen molar-refractivity contribution in [3.8, 4) is 0 Å². The number of H-pyrrole nitrogens is 2. The van der Waals surface area contributed by atoms with Gasteiger partial charge in [0.25, 0.3) is 0 Å². The summed E-state index contributed by atoms with van der Waals surface area (Å²) in [5, 5.41) is 54.6. The average Bonchev–Trinajstić information content (AvgIpc) is 3.89. The highest BCUT2D eigenvalue weighted by molar-refractivity contribution is 5.99. The van der Waals surface area contributed by atoms with E-state index in [0.717, 1.165) is 0 Å². The van der Waals surface area contributed by atoms with E-state index in [4.69, 9.17) is 11.5 Å². The average molecular weight is 949 g/mol. The number of aromatic amines is 2. The molecule has 4 aromatic rings. The van der Waals surface area contributed by atoms with Gasteiger partial charge in [0.15, 0.2) is 0 Å². The fourth-order valence-corrected chi connectivity index (χ4v) is 7.14. The van der Waals surface area contributed by atoms with Crippen LogP contribution in [-0.2, 0) is 60.8 Å². The maximum absolute atomic E-state index is 14.2. The van der Waals surface area contributed by atoms with Crippen LogP contribution in [0.15, 0.2) is 60.9 Å². The van der Waals surface area contributed by atoms with Crippen LogP contribution in [0.2, 0.25) is 0 Å². The van der Waals surface area contributed by atoms with E-state index in [-0.39, 0.29) is 25.7 Å². The van der Waals surface area contributed by atoms with Gasteiger partial charge >= 0.3 is 17.9 Å². The summed E-state index contributed by atoms with van der Waals surface area (Å²) in [6.45, 7) is 2.01. The van der Waals surface area contributed by atoms with Crippen molar-refractivity contribution in [3.63, 3.8) is 0 Å². The highest BCUT2D eigenvalue weighted by atomic mass is 16.4. The predicted octanol–water partition coefficient (Wildman–Crippen LogP) is -1.99. The number of carboxylic acids is 3. The lowest BCUT2D eigenvalue weighted by atomic mass is 10.0. The van der Waals surface area contributed by atoms with Crippen molar-refractivity contribution >= 4 is 81.1 Å². The summed E-state index contributed by atoms with van der Waals surface area (Å²) >= 11 is 0. The maximum Gasteiger partial charge on any atom is 0.326 e. The minimum absolute atomic E-state index is 0.192. The fraction of sp³-hybridized carbons (Fsp3) is 0.409. The van der Waals surface area contributed by atoms with Crippen molar-refractivity contribution in [2.75, 3.05) is 6.61 Å². The van der Waals surface area contributed by atoms with E-state index < -0.39 is 133 Å². The van der Waals surface area contributed by atoms with Gasteiger partial charge in [-0.25, -0.2) is 4.79 Å². The van der Waals surface area contributed by atoms with E-state index in [1.807, 2.05) is 0 Å². The number of fused-ring (bicyclic) bond motifs is 2. The van der Waals surface area contributed by atoms with Crippen molar-refractivity contribution in [1.82, 2.24) is 41.9 Å². The molecule has 0 aliphatic heterocycles. The first-order valence-corrected chi connectivity index (χ1v) is 21.4. The van der Waals surface area contributed by atoms with Gasteiger partial charge < -0.3 is 73.8 Å². The Morgan fingerprint density at radius 1 is 0.559 bits per heavy atom. The Hall–Kier alpha value is -7.86. The number of aliphatic carboxylic acids is 3. The minimum atomic E-state index is -1.98. The second kappa shape index (κ2) is 24.6. The molecule has 0 aliphatic rings. The Balaban J connectivity index is 1.60. The number of nitrogens with one attached hydrogen (secondary N) is 8. The van der Waals surface area contributed by atoms with Crippen LogP contribution in [0.4, 0.5) is 0 Å². The lowest BCUT2D eigenvalue weighted by molar-refractivity contribution is -0.143. The first kappa shape index (κ1) is 52.8. The number of para-hydroxylation sites is 2. The Bertz CT molecular complexity index is 2500. The highest BCUT2D eigenvalue weighted by Gasteiger charge is 2.35. The molecule has 24 nitrogen and oxygen atoms in total. The van der Waals surface area contributed by atoms with E-state index in [2.05, 4.69) is 41.9 Å². The summed E-state index contributed by atoms with van der Waals surface area (Å²) in [4.78, 5) is 135. The molecule has 7 amide bonds. The fourth-order valence-electron chi connectivity index (χ4n) is 7.14. The second-order valence-corrected chi connectivity index (χ2v) is 16.3. The first-order valence-electron chi connectivity index (χ1n) is 21.4. The Kier molecular flexibility index (Phi) is 19.1. The molecule has 0 saturated heterocycles. The van der Waals surface area contributed by atoms with Crippen LogP contribution in [0.1, 0.15) is 57.1 Å². The maximum atomic E-state index is 14.2. The third-order valence-electron chi connectivity index (χ3n) is 10.8. The lowest BCUT2D eigenvalue weighted by Crippen LogP contribution is -2.61. The number of aliphatic hydroxyl groups excluding tert-OH is 1. The number of aliphatic hydroxyl groups is 1. The van der Waals surface area contributed by atoms with Gasteiger partial charge in [0, 0.05) is 59.9 Å². The van der Waals surface area contributed by atoms with E-state index in [9.17, 15) is 68.4 Å². The molecular formula is C44H56N10O14. The normalized spacial score (nSPS) is 14.3. The lowest BCUT2D eigenvalue weighted by Gasteiger charge is -2.27. The molecular weight excluding hydrogens is 893 g/mol. The van der Waals surface area contributed by atoms with Gasteiger partial charge in [-0.15, -0.1) is 0 Å².